The molecule has 1 aromatic carbocycles. The first-order valence-electron chi connectivity index (χ1n) is 6.39. The van der Waals surface area contributed by atoms with Crippen LogP contribution in [0.1, 0.15) is 41.4 Å². The molecule has 1 N–H and O–H groups in total. The summed E-state index contributed by atoms with van der Waals surface area (Å²) in [6.45, 7) is 6.16. The number of carbonyl (C=O) groups is 1. The van der Waals surface area contributed by atoms with E-state index < -0.39 is 0 Å². The van der Waals surface area contributed by atoms with Gasteiger partial charge in [0.2, 0.25) is 0 Å². The molecule has 0 aliphatic heterocycles. The molecule has 4 heteroatoms. The second-order valence-electron chi connectivity index (χ2n) is 5.03. The first-order valence-corrected chi connectivity index (χ1v) is 6.39. The maximum absolute atomic E-state index is 12.1. The Balaban J connectivity index is 2.14. The summed E-state index contributed by atoms with van der Waals surface area (Å²) in [5, 5.41) is 7.05. The third-order valence-corrected chi connectivity index (χ3v) is 3.08. The highest BCUT2D eigenvalue weighted by Gasteiger charge is 2.09. The van der Waals surface area contributed by atoms with Crippen LogP contribution in [0.25, 0.3) is 0 Å². The number of benzene rings is 1. The number of aromatic nitrogens is 2. The Bertz CT molecular complexity index is 582. The minimum Gasteiger partial charge on any atom is -0.307 e. The van der Waals surface area contributed by atoms with E-state index in [9.17, 15) is 4.79 Å². The molecule has 2 rings (SSSR count). The Morgan fingerprint density at radius 2 is 1.89 bits per heavy atom. The van der Waals surface area contributed by atoms with Crippen LogP contribution in [0.4, 0.5) is 5.82 Å². The van der Waals surface area contributed by atoms with Crippen LogP contribution < -0.4 is 5.32 Å². The smallest absolute Gasteiger partial charge is 0.256 e. The summed E-state index contributed by atoms with van der Waals surface area (Å²) >= 11 is 0. The zero-order valence-electron chi connectivity index (χ0n) is 11.8. The van der Waals surface area contributed by atoms with Gasteiger partial charge in [0.1, 0.15) is 5.82 Å². The van der Waals surface area contributed by atoms with Gasteiger partial charge in [0.05, 0.1) is 5.69 Å². The number of rotatable bonds is 3. The Hall–Kier alpha value is -2.10. The van der Waals surface area contributed by atoms with Crippen molar-refractivity contribution < 1.29 is 4.79 Å². The average molecular weight is 257 g/mol. The summed E-state index contributed by atoms with van der Waals surface area (Å²) in [5.41, 5.74) is 2.77. The van der Waals surface area contributed by atoms with E-state index >= 15 is 0 Å². The zero-order chi connectivity index (χ0) is 14.0. The van der Waals surface area contributed by atoms with Gasteiger partial charge in [-0.05, 0) is 30.5 Å². The number of aryl methyl sites for hydroxylation is 2. The maximum Gasteiger partial charge on any atom is 0.256 e. The molecule has 0 fully saturated rings. The van der Waals surface area contributed by atoms with Gasteiger partial charge in [0.15, 0.2) is 0 Å². The molecule has 1 heterocycles. The average Bonchev–Trinajstić information content (AvgIpc) is 2.68. The molecular formula is C15H19N3O. The summed E-state index contributed by atoms with van der Waals surface area (Å²) in [5.74, 6) is 1.06. The van der Waals surface area contributed by atoms with Crippen LogP contribution in [0.5, 0.6) is 0 Å². The number of hydrogen-bond acceptors (Lipinski definition) is 2. The summed E-state index contributed by atoms with van der Waals surface area (Å²) in [4.78, 5) is 12.1. The molecule has 1 amide bonds. The van der Waals surface area contributed by atoms with Crippen LogP contribution in [0.3, 0.4) is 0 Å². The van der Waals surface area contributed by atoms with Crippen LogP contribution in [-0.2, 0) is 7.05 Å². The summed E-state index contributed by atoms with van der Waals surface area (Å²) in [7, 11) is 1.81. The fraction of sp³-hybridized carbons (Fsp3) is 0.333. The van der Waals surface area contributed by atoms with E-state index in [1.54, 1.807) is 4.68 Å². The second-order valence-corrected chi connectivity index (χ2v) is 5.03. The number of hydrogen-bond donors (Lipinski definition) is 1. The van der Waals surface area contributed by atoms with Crippen molar-refractivity contribution in [2.45, 2.75) is 26.7 Å². The van der Waals surface area contributed by atoms with E-state index in [2.05, 4.69) is 24.3 Å². The van der Waals surface area contributed by atoms with Crippen molar-refractivity contribution in [3.8, 4) is 0 Å². The van der Waals surface area contributed by atoms with Gasteiger partial charge in [0.25, 0.3) is 5.91 Å². The molecule has 0 aliphatic carbocycles. The third kappa shape index (κ3) is 3.02. The van der Waals surface area contributed by atoms with Crippen molar-refractivity contribution in [3.05, 3.63) is 47.2 Å². The lowest BCUT2D eigenvalue weighted by molar-refractivity contribution is 0.102. The number of anilines is 1. The van der Waals surface area contributed by atoms with Crippen molar-refractivity contribution in [1.29, 1.82) is 0 Å². The van der Waals surface area contributed by atoms with Gasteiger partial charge in [-0.2, -0.15) is 5.10 Å². The maximum atomic E-state index is 12.1. The fourth-order valence-corrected chi connectivity index (χ4v) is 1.94. The fourth-order valence-electron chi connectivity index (χ4n) is 1.94. The van der Waals surface area contributed by atoms with E-state index in [1.807, 2.05) is 44.3 Å². The molecule has 0 unspecified atom stereocenters. The van der Waals surface area contributed by atoms with Crippen LogP contribution in [0.2, 0.25) is 0 Å². The summed E-state index contributed by atoms with van der Waals surface area (Å²) < 4.78 is 1.66. The molecule has 0 aliphatic rings. The van der Waals surface area contributed by atoms with E-state index in [-0.39, 0.29) is 5.91 Å². The van der Waals surface area contributed by atoms with Gasteiger partial charge < -0.3 is 5.32 Å². The Kier molecular flexibility index (Phi) is 3.69. The zero-order valence-corrected chi connectivity index (χ0v) is 11.8. The van der Waals surface area contributed by atoms with Gasteiger partial charge in [-0.1, -0.05) is 26.0 Å². The van der Waals surface area contributed by atoms with Gasteiger partial charge in [0, 0.05) is 18.7 Å². The van der Waals surface area contributed by atoms with Gasteiger partial charge in [-0.3, -0.25) is 9.48 Å². The van der Waals surface area contributed by atoms with Crippen molar-refractivity contribution in [2.75, 3.05) is 5.32 Å². The van der Waals surface area contributed by atoms with E-state index in [4.69, 9.17) is 0 Å². The minimum absolute atomic E-state index is 0.113. The monoisotopic (exact) mass is 257 g/mol. The van der Waals surface area contributed by atoms with Crippen molar-refractivity contribution in [1.82, 2.24) is 9.78 Å². The van der Waals surface area contributed by atoms with Crippen LogP contribution in [0, 0.1) is 6.92 Å². The highest BCUT2D eigenvalue weighted by atomic mass is 16.1. The molecule has 0 atom stereocenters. The molecule has 4 nitrogen and oxygen atoms in total. The molecule has 19 heavy (non-hydrogen) atoms. The predicted octanol–water partition coefficient (Wildman–Crippen LogP) is 3.10. The summed E-state index contributed by atoms with van der Waals surface area (Å²) in [6.07, 6.45) is 0. The minimum atomic E-state index is -0.113. The molecule has 0 saturated carbocycles. The third-order valence-electron chi connectivity index (χ3n) is 3.08. The number of nitrogens with one attached hydrogen (secondary N) is 1. The van der Waals surface area contributed by atoms with Crippen molar-refractivity contribution in [2.24, 2.45) is 7.05 Å². The van der Waals surface area contributed by atoms with E-state index in [1.165, 1.54) is 5.56 Å². The molecule has 0 saturated heterocycles. The first-order chi connectivity index (χ1) is 8.97. The lowest BCUT2D eigenvalue weighted by Crippen LogP contribution is -2.14. The SMILES string of the molecule is Cc1cc(NC(=O)c2ccc(C(C)C)cc2)n(C)n1. The van der Waals surface area contributed by atoms with E-state index in [0.29, 0.717) is 17.3 Å². The molecule has 0 radical (unpaired) electrons. The van der Waals surface area contributed by atoms with Crippen LogP contribution in [0.15, 0.2) is 30.3 Å². The predicted molar refractivity (Wildman–Crippen MR) is 76.4 cm³/mol. The van der Waals surface area contributed by atoms with E-state index in [0.717, 1.165) is 5.69 Å². The molecule has 0 bridgehead atoms. The Morgan fingerprint density at radius 1 is 1.26 bits per heavy atom. The number of nitrogens with zero attached hydrogens (tertiary/aromatic N) is 2. The number of carbonyl (C=O) groups excluding carboxylic acids is 1. The van der Waals surface area contributed by atoms with Crippen molar-refractivity contribution >= 4 is 11.7 Å². The van der Waals surface area contributed by atoms with Crippen LogP contribution in [-0.4, -0.2) is 15.7 Å². The molecule has 100 valence electrons. The summed E-state index contributed by atoms with van der Waals surface area (Å²) in [6, 6.07) is 9.55. The van der Waals surface area contributed by atoms with Crippen molar-refractivity contribution in [3.63, 3.8) is 0 Å². The lowest BCUT2D eigenvalue weighted by Gasteiger charge is -2.08. The van der Waals surface area contributed by atoms with Crippen LogP contribution >= 0.6 is 0 Å². The van der Waals surface area contributed by atoms with Gasteiger partial charge >= 0.3 is 0 Å². The quantitative estimate of drug-likeness (QED) is 0.918. The molecule has 2 aromatic rings. The second kappa shape index (κ2) is 5.26. The lowest BCUT2D eigenvalue weighted by atomic mass is 10.0. The highest BCUT2D eigenvalue weighted by Crippen LogP contribution is 2.16. The topological polar surface area (TPSA) is 46.9 Å². The van der Waals surface area contributed by atoms with Gasteiger partial charge in [-0.15, -0.1) is 0 Å². The molecular weight excluding hydrogens is 238 g/mol. The standard InChI is InChI=1S/C15H19N3O/c1-10(2)12-5-7-13(8-6-12)15(19)16-14-9-11(3)17-18(14)4/h5-10H,1-4H3,(H,16,19). The Labute approximate surface area is 113 Å². The largest absolute Gasteiger partial charge is 0.307 e. The molecule has 1 aromatic heterocycles. The normalized spacial score (nSPS) is 10.8. The Morgan fingerprint density at radius 3 is 2.37 bits per heavy atom. The number of amides is 1. The highest BCUT2D eigenvalue weighted by molar-refractivity contribution is 6.03. The van der Waals surface area contributed by atoms with Gasteiger partial charge in [-0.25, -0.2) is 0 Å². The molecule has 0 spiro atoms. The first kappa shape index (κ1) is 13.3.